The number of aryl methyl sites for hydroxylation is 3. The SMILES string of the molecule is CCCc1c(CNC2CC2)sc2cc(C)c(C)cc12. The predicted octanol–water partition coefficient (Wildman–Crippen LogP) is 4.72. The van der Waals surface area contributed by atoms with Crippen molar-refractivity contribution in [3.8, 4) is 0 Å². The van der Waals surface area contributed by atoms with E-state index >= 15 is 0 Å². The van der Waals surface area contributed by atoms with Gasteiger partial charge in [0.2, 0.25) is 0 Å². The lowest BCUT2D eigenvalue weighted by atomic mass is 10.0. The average molecular weight is 273 g/mol. The van der Waals surface area contributed by atoms with Gasteiger partial charge in [-0.15, -0.1) is 11.3 Å². The Balaban J connectivity index is 2.00. The third-order valence-electron chi connectivity index (χ3n) is 4.12. The van der Waals surface area contributed by atoms with Crippen LogP contribution in [0, 0.1) is 13.8 Å². The van der Waals surface area contributed by atoms with Crippen molar-refractivity contribution in [3.05, 3.63) is 33.7 Å². The van der Waals surface area contributed by atoms with Crippen LogP contribution in [0.5, 0.6) is 0 Å². The molecule has 1 aliphatic carbocycles. The first kappa shape index (κ1) is 13.1. The fraction of sp³-hybridized carbons (Fsp3) is 0.529. The van der Waals surface area contributed by atoms with Crippen molar-refractivity contribution in [1.29, 1.82) is 0 Å². The number of hydrogen-bond donors (Lipinski definition) is 1. The van der Waals surface area contributed by atoms with Gasteiger partial charge < -0.3 is 5.32 Å². The van der Waals surface area contributed by atoms with Gasteiger partial charge in [0.15, 0.2) is 0 Å². The molecule has 102 valence electrons. The smallest absolute Gasteiger partial charge is 0.0351 e. The molecule has 0 spiro atoms. The Morgan fingerprint density at radius 3 is 2.63 bits per heavy atom. The molecule has 0 aliphatic heterocycles. The monoisotopic (exact) mass is 273 g/mol. The Morgan fingerprint density at radius 1 is 1.21 bits per heavy atom. The van der Waals surface area contributed by atoms with Crippen molar-refractivity contribution >= 4 is 21.4 Å². The minimum atomic E-state index is 0.795. The van der Waals surface area contributed by atoms with Crippen molar-refractivity contribution in [2.45, 2.75) is 59.0 Å². The lowest BCUT2D eigenvalue weighted by Crippen LogP contribution is -2.15. The van der Waals surface area contributed by atoms with Gasteiger partial charge in [0.05, 0.1) is 0 Å². The minimum Gasteiger partial charge on any atom is -0.309 e. The largest absolute Gasteiger partial charge is 0.309 e. The second-order valence-corrected chi connectivity index (χ2v) is 6.98. The molecular weight excluding hydrogens is 250 g/mol. The summed E-state index contributed by atoms with van der Waals surface area (Å²) in [6, 6.07) is 5.56. The van der Waals surface area contributed by atoms with Crippen molar-refractivity contribution in [1.82, 2.24) is 5.32 Å². The van der Waals surface area contributed by atoms with Crippen LogP contribution in [-0.2, 0) is 13.0 Å². The number of rotatable bonds is 5. The number of hydrogen-bond acceptors (Lipinski definition) is 2. The van der Waals surface area contributed by atoms with Crippen LogP contribution in [0.3, 0.4) is 0 Å². The maximum absolute atomic E-state index is 3.67. The second kappa shape index (κ2) is 5.26. The lowest BCUT2D eigenvalue weighted by molar-refractivity contribution is 0.690. The van der Waals surface area contributed by atoms with E-state index in [-0.39, 0.29) is 0 Å². The van der Waals surface area contributed by atoms with Crippen molar-refractivity contribution in [3.63, 3.8) is 0 Å². The molecule has 1 heterocycles. The highest BCUT2D eigenvalue weighted by atomic mass is 32.1. The molecule has 0 bridgehead atoms. The summed E-state index contributed by atoms with van der Waals surface area (Å²) < 4.78 is 1.47. The van der Waals surface area contributed by atoms with Crippen molar-refractivity contribution < 1.29 is 0 Å². The molecule has 0 unspecified atom stereocenters. The van der Waals surface area contributed by atoms with Crippen LogP contribution in [-0.4, -0.2) is 6.04 Å². The highest BCUT2D eigenvalue weighted by Gasteiger charge is 2.21. The van der Waals surface area contributed by atoms with Crippen molar-refractivity contribution in [2.75, 3.05) is 0 Å². The summed E-state index contributed by atoms with van der Waals surface area (Å²) in [6.07, 6.45) is 5.18. The summed E-state index contributed by atoms with van der Waals surface area (Å²) in [5.41, 5.74) is 4.43. The molecule has 0 radical (unpaired) electrons. The van der Waals surface area contributed by atoms with E-state index in [2.05, 4.69) is 38.2 Å². The van der Waals surface area contributed by atoms with Gasteiger partial charge in [-0.3, -0.25) is 0 Å². The van der Waals surface area contributed by atoms with E-state index in [0.29, 0.717) is 0 Å². The van der Waals surface area contributed by atoms with Gasteiger partial charge in [0, 0.05) is 22.2 Å². The van der Waals surface area contributed by atoms with Crippen molar-refractivity contribution in [2.24, 2.45) is 0 Å². The first-order valence-electron chi connectivity index (χ1n) is 7.44. The van der Waals surface area contributed by atoms with Crippen LogP contribution in [0.25, 0.3) is 10.1 Å². The highest BCUT2D eigenvalue weighted by Crippen LogP contribution is 2.34. The fourth-order valence-electron chi connectivity index (χ4n) is 2.65. The van der Waals surface area contributed by atoms with Crippen LogP contribution in [0.15, 0.2) is 12.1 Å². The van der Waals surface area contributed by atoms with E-state index in [0.717, 1.165) is 12.6 Å². The van der Waals surface area contributed by atoms with Gasteiger partial charge in [-0.05, 0) is 61.3 Å². The molecule has 19 heavy (non-hydrogen) atoms. The number of benzene rings is 1. The van der Waals surface area contributed by atoms with E-state index in [4.69, 9.17) is 0 Å². The summed E-state index contributed by atoms with van der Waals surface area (Å²) in [5.74, 6) is 0. The number of fused-ring (bicyclic) bond motifs is 1. The van der Waals surface area contributed by atoms with Gasteiger partial charge in [0.25, 0.3) is 0 Å². The van der Waals surface area contributed by atoms with Crippen LogP contribution in [0.4, 0.5) is 0 Å². The van der Waals surface area contributed by atoms with E-state index < -0.39 is 0 Å². The number of nitrogens with one attached hydrogen (secondary N) is 1. The van der Waals surface area contributed by atoms with Gasteiger partial charge in [-0.2, -0.15) is 0 Å². The molecule has 1 N–H and O–H groups in total. The Kier molecular flexibility index (Phi) is 3.64. The maximum Gasteiger partial charge on any atom is 0.0351 e. The summed E-state index contributed by atoms with van der Waals surface area (Å²) in [4.78, 5) is 1.56. The molecule has 1 aromatic heterocycles. The Hall–Kier alpha value is -0.860. The number of thiophene rings is 1. The lowest BCUT2D eigenvalue weighted by Gasteiger charge is -2.05. The van der Waals surface area contributed by atoms with Crippen LogP contribution in [0.1, 0.15) is 47.8 Å². The third-order valence-corrected chi connectivity index (χ3v) is 5.31. The highest BCUT2D eigenvalue weighted by molar-refractivity contribution is 7.19. The molecule has 0 atom stereocenters. The molecule has 2 aromatic rings. The first-order chi connectivity index (χ1) is 9.19. The third kappa shape index (κ3) is 2.70. The topological polar surface area (TPSA) is 12.0 Å². The molecule has 1 aromatic carbocycles. The summed E-state index contributed by atoms with van der Waals surface area (Å²) >= 11 is 1.99. The molecule has 1 fully saturated rings. The average Bonchev–Trinajstić information content (AvgIpc) is 3.15. The zero-order valence-electron chi connectivity index (χ0n) is 12.2. The van der Waals surface area contributed by atoms with Gasteiger partial charge in [-0.25, -0.2) is 0 Å². The molecule has 1 saturated carbocycles. The minimum absolute atomic E-state index is 0.795. The Labute approximate surface area is 120 Å². The van der Waals surface area contributed by atoms with E-state index in [9.17, 15) is 0 Å². The van der Waals surface area contributed by atoms with Gasteiger partial charge >= 0.3 is 0 Å². The Morgan fingerprint density at radius 2 is 1.95 bits per heavy atom. The van der Waals surface area contributed by atoms with Crippen LogP contribution in [0.2, 0.25) is 0 Å². The normalized spacial score (nSPS) is 15.3. The van der Waals surface area contributed by atoms with E-state index in [1.165, 1.54) is 46.9 Å². The molecule has 0 amide bonds. The zero-order chi connectivity index (χ0) is 13.4. The molecule has 1 nitrogen and oxygen atoms in total. The quantitative estimate of drug-likeness (QED) is 0.831. The molecule has 3 rings (SSSR count). The van der Waals surface area contributed by atoms with Crippen LogP contribution >= 0.6 is 11.3 Å². The van der Waals surface area contributed by atoms with Gasteiger partial charge in [-0.1, -0.05) is 19.4 Å². The van der Waals surface area contributed by atoms with E-state index in [1.54, 1.807) is 10.4 Å². The van der Waals surface area contributed by atoms with Crippen LogP contribution < -0.4 is 5.32 Å². The second-order valence-electron chi connectivity index (χ2n) is 5.84. The maximum atomic E-state index is 3.67. The summed E-state index contributed by atoms with van der Waals surface area (Å²) in [5, 5.41) is 5.17. The summed E-state index contributed by atoms with van der Waals surface area (Å²) in [6.45, 7) is 7.79. The fourth-order valence-corrected chi connectivity index (χ4v) is 3.93. The first-order valence-corrected chi connectivity index (χ1v) is 8.25. The molecule has 2 heteroatoms. The van der Waals surface area contributed by atoms with E-state index in [1.807, 2.05) is 11.3 Å². The van der Waals surface area contributed by atoms with Gasteiger partial charge in [0.1, 0.15) is 0 Å². The molecule has 0 saturated heterocycles. The molecular formula is C17H23NS. The Bertz CT molecular complexity index is 593. The molecule has 1 aliphatic rings. The summed E-state index contributed by atoms with van der Waals surface area (Å²) in [7, 11) is 0. The predicted molar refractivity (Wildman–Crippen MR) is 85.2 cm³/mol. The standard InChI is InChI=1S/C17H23NS/c1-4-5-14-15-8-11(2)12(3)9-16(15)19-17(14)10-18-13-6-7-13/h8-9,13,18H,4-7,10H2,1-3H3. The zero-order valence-corrected chi connectivity index (χ0v) is 13.0.